The van der Waals surface area contributed by atoms with Crippen molar-refractivity contribution in [3.05, 3.63) is 59.7 Å². The third kappa shape index (κ3) is 4.46. The van der Waals surface area contributed by atoms with E-state index < -0.39 is 10.0 Å². The number of nitrogens with zero attached hydrogens (tertiary/aromatic N) is 3. The Morgan fingerprint density at radius 3 is 2.62 bits per heavy atom. The van der Waals surface area contributed by atoms with Crippen LogP contribution in [0, 0.1) is 0 Å². The van der Waals surface area contributed by atoms with Gasteiger partial charge in [-0.1, -0.05) is 0 Å². The Kier molecular flexibility index (Phi) is 4.56. The quantitative estimate of drug-likeness (QED) is 0.517. The summed E-state index contributed by atoms with van der Waals surface area (Å²) in [6.45, 7) is 0. The van der Waals surface area contributed by atoms with Gasteiger partial charge in [0.2, 0.25) is 16.0 Å². The summed E-state index contributed by atoms with van der Waals surface area (Å²) in [4.78, 5) is 9.07. The van der Waals surface area contributed by atoms with Gasteiger partial charge in [0.25, 0.3) is 0 Å². The van der Waals surface area contributed by atoms with Crippen LogP contribution in [0.5, 0.6) is 0 Å². The summed E-state index contributed by atoms with van der Waals surface area (Å²) in [6.07, 6.45) is 6.63. The topological polar surface area (TPSA) is 113 Å². The number of rotatable bonds is 8. The van der Waals surface area contributed by atoms with Crippen LogP contribution in [0.3, 0.4) is 0 Å². The van der Waals surface area contributed by atoms with E-state index in [0.29, 0.717) is 18.3 Å². The Bertz CT molecular complexity index is 1130. The molecule has 5 rings (SSSR count). The summed E-state index contributed by atoms with van der Waals surface area (Å²) in [5.74, 6) is 1.09. The molecule has 3 N–H and O–H groups in total. The first-order chi connectivity index (χ1) is 14.0. The van der Waals surface area contributed by atoms with Gasteiger partial charge in [0, 0.05) is 40.2 Å². The van der Waals surface area contributed by atoms with Crippen LogP contribution in [0.1, 0.15) is 53.0 Å². The fourth-order valence-electron chi connectivity index (χ4n) is 3.14. The molecule has 0 spiro atoms. The van der Waals surface area contributed by atoms with Crippen LogP contribution in [0.15, 0.2) is 47.5 Å². The second-order valence-corrected chi connectivity index (χ2v) is 9.40. The SMILES string of the molecule is O=S(=O)(NC1CC1)c1ccc(Nc2nccc(Cc3cc(C4CC4)n[nH]3)n2)cc1.[HH].[HH].[HH]. The lowest BCUT2D eigenvalue weighted by atomic mass is 10.2. The predicted octanol–water partition coefficient (Wildman–Crippen LogP) is 3.59. The number of hydrogen-bond donors (Lipinski definition) is 3. The van der Waals surface area contributed by atoms with Crippen LogP contribution in [0.2, 0.25) is 0 Å². The first-order valence-corrected chi connectivity index (χ1v) is 11.3. The van der Waals surface area contributed by atoms with E-state index in [4.69, 9.17) is 0 Å². The van der Waals surface area contributed by atoms with Crippen molar-refractivity contribution in [3.63, 3.8) is 0 Å². The molecule has 0 unspecified atom stereocenters. The van der Waals surface area contributed by atoms with Crippen molar-refractivity contribution < 1.29 is 12.7 Å². The van der Waals surface area contributed by atoms with Gasteiger partial charge in [-0.05, 0) is 62.1 Å². The maximum atomic E-state index is 12.3. The molecule has 2 heterocycles. The van der Waals surface area contributed by atoms with Crippen molar-refractivity contribution in [1.82, 2.24) is 24.9 Å². The van der Waals surface area contributed by atoms with Crippen LogP contribution in [-0.4, -0.2) is 34.6 Å². The molecule has 2 fully saturated rings. The Morgan fingerprint density at radius 1 is 1.10 bits per heavy atom. The molecule has 2 aliphatic rings. The normalized spacial score (nSPS) is 16.7. The van der Waals surface area contributed by atoms with E-state index in [1.165, 1.54) is 12.8 Å². The maximum Gasteiger partial charge on any atom is 0.240 e. The summed E-state index contributed by atoms with van der Waals surface area (Å²) in [7, 11) is -3.45. The van der Waals surface area contributed by atoms with Crippen LogP contribution >= 0.6 is 0 Å². The van der Waals surface area contributed by atoms with Crippen LogP contribution in [0.4, 0.5) is 11.6 Å². The second-order valence-electron chi connectivity index (χ2n) is 7.69. The smallest absolute Gasteiger partial charge is 0.240 e. The van der Waals surface area contributed by atoms with Gasteiger partial charge in [0.1, 0.15) is 0 Å². The fourth-order valence-corrected chi connectivity index (χ4v) is 4.45. The first-order valence-electron chi connectivity index (χ1n) is 9.81. The molecule has 3 aromatic rings. The van der Waals surface area contributed by atoms with Crippen molar-refractivity contribution >= 4 is 21.7 Å². The zero-order valence-electron chi connectivity index (χ0n) is 15.8. The summed E-state index contributed by atoms with van der Waals surface area (Å²) >= 11 is 0. The van der Waals surface area contributed by atoms with Crippen molar-refractivity contribution in [2.75, 3.05) is 5.32 Å². The number of sulfonamides is 1. The lowest BCUT2D eigenvalue weighted by Crippen LogP contribution is -2.25. The third-order valence-corrected chi connectivity index (χ3v) is 6.59. The highest BCUT2D eigenvalue weighted by Crippen LogP contribution is 2.39. The minimum atomic E-state index is -3.45. The summed E-state index contributed by atoms with van der Waals surface area (Å²) in [6, 6.07) is 10.7. The molecule has 1 aromatic carbocycles. The fraction of sp³-hybridized carbons (Fsp3) is 0.350. The summed E-state index contributed by atoms with van der Waals surface area (Å²) < 4.78 is 27.2. The van der Waals surface area contributed by atoms with Gasteiger partial charge in [-0.25, -0.2) is 23.1 Å². The van der Waals surface area contributed by atoms with Crippen LogP contribution < -0.4 is 10.0 Å². The van der Waals surface area contributed by atoms with E-state index in [-0.39, 0.29) is 15.2 Å². The molecule has 2 aliphatic carbocycles. The molecule has 0 aliphatic heterocycles. The first kappa shape index (κ1) is 18.3. The minimum absolute atomic E-state index is 0. The van der Waals surface area contributed by atoms with E-state index in [1.54, 1.807) is 30.5 Å². The summed E-state index contributed by atoms with van der Waals surface area (Å²) in [5.41, 5.74) is 3.78. The Hall–Kier alpha value is -2.78. The molecule has 0 saturated heterocycles. The second kappa shape index (κ2) is 7.23. The zero-order chi connectivity index (χ0) is 19.8. The molecule has 0 atom stereocenters. The monoisotopic (exact) mass is 416 g/mol. The third-order valence-electron chi connectivity index (χ3n) is 5.05. The maximum absolute atomic E-state index is 12.3. The highest BCUT2D eigenvalue weighted by Gasteiger charge is 2.28. The van der Waals surface area contributed by atoms with Crippen LogP contribution in [0.25, 0.3) is 0 Å². The van der Waals surface area contributed by atoms with Crippen molar-refractivity contribution in [2.24, 2.45) is 0 Å². The van der Waals surface area contributed by atoms with Crippen molar-refractivity contribution in [3.8, 4) is 0 Å². The number of hydrogen-bond acceptors (Lipinski definition) is 6. The highest BCUT2D eigenvalue weighted by molar-refractivity contribution is 7.89. The standard InChI is InChI=1S/C20H22N6O2S.3H2/c27-29(28,26-15-3-4-15)18-7-5-14(6-8-18)22-20-21-10-9-16(23-20)11-17-12-19(25-24-17)13-1-2-13;;;/h5-10,12-13,15,26H,1-4,11H2,(H,24,25)(H,21,22,23);3*1H. The average molecular weight is 417 g/mol. The predicted molar refractivity (Wildman–Crippen MR) is 115 cm³/mol. The van der Waals surface area contributed by atoms with Gasteiger partial charge < -0.3 is 5.32 Å². The number of aromatic amines is 1. The van der Waals surface area contributed by atoms with Crippen molar-refractivity contribution in [2.45, 2.75) is 49.0 Å². The van der Waals surface area contributed by atoms with Gasteiger partial charge in [-0.15, -0.1) is 0 Å². The van der Waals surface area contributed by atoms with Gasteiger partial charge in [-0.3, -0.25) is 5.10 Å². The molecular weight excluding hydrogens is 388 g/mol. The molecule has 2 aromatic heterocycles. The Labute approximate surface area is 173 Å². The number of aromatic nitrogens is 4. The minimum Gasteiger partial charge on any atom is -0.324 e. The Balaban J connectivity index is 0.00000121. The highest BCUT2D eigenvalue weighted by atomic mass is 32.2. The molecule has 2 saturated carbocycles. The van der Waals surface area contributed by atoms with E-state index in [0.717, 1.165) is 35.6 Å². The lowest BCUT2D eigenvalue weighted by Gasteiger charge is -2.08. The molecular formula is C20H28N6O2S. The van der Waals surface area contributed by atoms with E-state index in [2.05, 4.69) is 36.3 Å². The number of nitrogens with one attached hydrogen (secondary N) is 3. The molecule has 9 heteroatoms. The number of benzene rings is 1. The van der Waals surface area contributed by atoms with Crippen molar-refractivity contribution in [1.29, 1.82) is 0 Å². The zero-order valence-corrected chi connectivity index (χ0v) is 16.6. The molecule has 29 heavy (non-hydrogen) atoms. The number of anilines is 2. The molecule has 0 bridgehead atoms. The van der Waals surface area contributed by atoms with Gasteiger partial charge in [0.05, 0.1) is 16.3 Å². The molecule has 0 radical (unpaired) electrons. The van der Waals surface area contributed by atoms with E-state index >= 15 is 0 Å². The molecule has 0 amide bonds. The largest absolute Gasteiger partial charge is 0.324 e. The summed E-state index contributed by atoms with van der Waals surface area (Å²) in [5, 5.41) is 10.6. The van der Waals surface area contributed by atoms with Gasteiger partial charge in [-0.2, -0.15) is 5.10 Å². The van der Waals surface area contributed by atoms with Crippen LogP contribution in [-0.2, 0) is 16.4 Å². The lowest BCUT2D eigenvalue weighted by molar-refractivity contribution is 0.581. The van der Waals surface area contributed by atoms with Gasteiger partial charge >= 0.3 is 0 Å². The van der Waals surface area contributed by atoms with Gasteiger partial charge in [0.15, 0.2) is 0 Å². The van der Waals surface area contributed by atoms with E-state index in [1.807, 2.05) is 6.07 Å². The average Bonchev–Trinajstić information content (AvgIpc) is 3.63. The Morgan fingerprint density at radius 2 is 1.90 bits per heavy atom. The molecule has 8 nitrogen and oxygen atoms in total. The molecule has 156 valence electrons. The number of H-pyrrole nitrogens is 1. The van der Waals surface area contributed by atoms with E-state index in [9.17, 15) is 8.42 Å².